The van der Waals surface area contributed by atoms with Gasteiger partial charge >= 0.3 is 13.6 Å². The molecule has 0 aliphatic carbocycles. The molecule has 0 saturated heterocycles. The molecule has 1 unspecified atom stereocenters. The number of nitrogens with one attached hydrogen (secondary N) is 1. The predicted octanol–water partition coefficient (Wildman–Crippen LogP) is 5.86. The Morgan fingerprint density at radius 3 is 2.47 bits per heavy atom. The van der Waals surface area contributed by atoms with Crippen LogP contribution in [-0.4, -0.2) is 53.0 Å². The number of carboxylic acids is 1. The topological polar surface area (TPSA) is 136 Å². The Balaban J connectivity index is 0.000000191. The number of aliphatic carboxylic acids is 1. The summed E-state index contributed by atoms with van der Waals surface area (Å²) in [6.45, 7) is 1.98. The summed E-state index contributed by atoms with van der Waals surface area (Å²) in [5.74, 6) is -0.0948. The molecule has 0 fully saturated rings. The molecule has 0 radical (unpaired) electrons. The van der Waals surface area contributed by atoms with Gasteiger partial charge in [-0.05, 0) is 37.1 Å². The maximum absolute atomic E-state index is 11.0. The van der Waals surface area contributed by atoms with Gasteiger partial charge in [0.25, 0.3) is 0 Å². The van der Waals surface area contributed by atoms with Gasteiger partial charge in [-0.25, -0.2) is 9.97 Å². The Labute approximate surface area is 209 Å². The van der Waals surface area contributed by atoms with Crippen molar-refractivity contribution in [1.29, 1.82) is 0 Å². The number of fused-ring (bicyclic) bond motifs is 2. The van der Waals surface area contributed by atoms with Crippen LogP contribution in [-0.2, 0) is 9.36 Å². The van der Waals surface area contributed by atoms with Gasteiger partial charge in [-0.1, -0.05) is 61.1 Å². The van der Waals surface area contributed by atoms with Crippen molar-refractivity contribution in [2.45, 2.75) is 40.9 Å². The summed E-state index contributed by atoms with van der Waals surface area (Å²) in [5, 5.41) is 9.32. The quantitative estimate of drug-likeness (QED) is 0.111. The van der Waals surface area contributed by atoms with Gasteiger partial charge in [0.15, 0.2) is 9.50 Å². The highest BCUT2D eigenvalue weighted by Crippen LogP contribution is 2.36. The minimum atomic E-state index is -3.85. The number of aromatic nitrogens is 3. The molecular weight excluding hydrogens is 513 g/mol. The van der Waals surface area contributed by atoms with Gasteiger partial charge in [0.2, 0.25) is 0 Å². The van der Waals surface area contributed by atoms with E-state index in [-0.39, 0.29) is 6.16 Å². The molecule has 0 spiro atoms. The van der Waals surface area contributed by atoms with Crippen LogP contribution in [0.3, 0.4) is 0 Å². The van der Waals surface area contributed by atoms with Crippen LogP contribution in [0.1, 0.15) is 26.2 Å². The summed E-state index contributed by atoms with van der Waals surface area (Å²) in [5.41, 5.74) is 2.79. The number of carbonyl (C=O) groups is 1. The number of imidazole rings is 1. The van der Waals surface area contributed by atoms with Gasteiger partial charge in [0, 0.05) is 5.75 Å². The van der Waals surface area contributed by atoms with Gasteiger partial charge in [-0.2, -0.15) is 0 Å². The van der Waals surface area contributed by atoms with Gasteiger partial charge < -0.3 is 19.9 Å². The predicted molar refractivity (Wildman–Crippen MR) is 140 cm³/mol. The third-order valence-electron chi connectivity index (χ3n) is 4.54. The Hall–Kier alpha value is -1.88. The van der Waals surface area contributed by atoms with Crippen molar-refractivity contribution in [1.82, 2.24) is 15.0 Å². The molecule has 0 aliphatic rings. The average molecular weight is 540 g/mol. The highest BCUT2D eigenvalue weighted by atomic mass is 32.2. The van der Waals surface area contributed by atoms with E-state index >= 15 is 0 Å². The third-order valence-corrected chi connectivity index (χ3v) is 8.84. The van der Waals surface area contributed by atoms with Gasteiger partial charge in [0.05, 0.1) is 27.4 Å². The number of hydrogen-bond acceptors (Lipinski definition) is 7. The number of thioether (sulfide) groups is 2. The van der Waals surface area contributed by atoms with E-state index in [1.165, 1.54) is 11.8 Å². The van der Waals surface area contributed by atoms with Crippen molar-refractivity contribution in [3.63, 3.8) is 0 Å². The minimum Gasteiger partial charge on any atom is -0.480 e. The summed E-state index contributed by atoms with van der Waals surface area (Å²) in [6, 6.07) is 15.6. The second-order valence-corrected chi connectivity index (χ2v) is 12.7. The van der Waals surface area contributed by atoms with E-state index in [0.717, 1.165) is 32.0 Å². The SMILES string of the molecule is CCCC(Sc1nc2ccccc2[nH]1)C(=O)O.O=P(O)(O)CCCSc1nc2ccccc2s1. The Bertz CT molecular complexity index is 1210. The van der Waals surface area contributed by atoms with E-state index in [0.29, 0.717) is 23.8 Å². The summed E-state index contributed by atoms with van der Waals surface area (Å²) in [6.07, 6.45) is 1.96. The summed E-state index contributed by atoms with van der Waals surface area (Å²) >= 11 is 4.44. The van der Waals surface area contributed by atoms with Gasteiger partial charge in [-0.15, -0.1) is 11.3 Å². The standard InChI is InChI=1S/C12H14N2O2S.C10H12NO3PS2/c1-2-5-10(11(15)16)17-12-13-8-6-3-4-7-9(8)14-12;12-15(13,14)6-3-7-16-10-11-8-4-1-2-5-9(8)17-10/h3-4,6-7,10H,2,5H2,1H3,(H,13,14)(H,15,16);1-2,4-5H,3,6-7H2,(H2,12,13,14). The highest BCUT2D eigenvalue weighted by Gasteiger charge is 2.19. The monoisotopic (exact) mass is 539 g/mol. The molecule has 2 aromatic heterocycles. The molecule has 1 atom stereocenters. The fourth-order valence-electron chi connectivity index (χ4n) is 2.96. The zero-order chi connectivity index (χ0) is 24.6. The fraction of sp³-hybridized carbons (Fsp3) is 0.318. The van der Waals surface area contributed by atoms with Crippen LogP contribution in [0.5, 0.6) is 0 Å². The first-order chi connectivity index (χ1) is 16.2. The van der Waals surface area contributed by atoms with E-state index in [9.17, 15) is 9.36 Å². The van der Waals surface area contributed by atoms with Crippen molar-refractivity contribution < 1.29 is 24.3 Å². The number of benzene rings is 2. The molecule has 2 heterocycles. The van der Waals surface area contributed by atoms with Crippen molar-refractivity contribution >= 4 is 69.7 Å². The van der Waals surface area contributed by atoms with Crippen molar-refractivity contribution in [2.75, 3.05) is 11.9 Å². The van der Waals surface area contributed by atoms with Gasteiger partial charge in [-0.3, -0.25) is 9.36 Å². The van der Waals surface area contributed by atoms with Crippen LogP contribution in [0.25, 0.3) is 21.3 Å². The third kappa shape index (κ3) is 8.41. The lowest BCUT2D eigenvalue weighted by Crippen LogP contribution is -2.15. The first-order valence-corrected chi connectivity index (χ1v) is 15.1. The number of nitrogens with zero attached hydrogens (tertiary/aromatic N) is 2. The molecule has 2 aromatic carbocycles. The molecule has 0 amide bonds. The number of rotatable bonds is 10. The van der Waals surface area contributed by atoms with E-state index in [1.807, 2.05) is 55.5 Å². The van der Waals surface area contributed by atoms with Gasteiger partial charge in [0.1, 0.15) is 5.25 Å². The number of thiazole rings is 1. The van der Waals surface area contributed by atoms with Crippen LogP contribution in [0.15, 0.2) is 58.0 Å². The number of carboxylic acid groups (broad SMARTS) is 1. The Morgan fingerprint density at radius 1 is 1.12 bits per heavy atom. The average Bonchev–Trinajstić information content (AvgIpc) is 3.39. The van der Waals surface area contributed by atoms with E-state index in [2.05, 4.69) is 15.0 Å². The largest absolute Gasteiger partial charge is 0.480 e. The van der Waals surface area contributed by atoms with E-state index in [4.69, 9.17) is 14.9 Å². The van der Waals surface area contributed by atoms with Crippen molar-refractivity contribution in [3.05, 3.63) is 48.5 Å². The molecule has 0 bridgehead atoms. The van der Waals surface area contributed by atoms with E-state index < -0.39 is 18.8 Å². The fourth-order valence-corrected chi connectivity index (χ4v) is 6.86. The van der Waals surface area contributed by atoms with Crippen LogP contribution in [0.2, 0.25) is 0 Å². The molecule has 8 nitrogen and oxygen atoms in total. The van der Waals surface area contributed by atoms with Crippen molar-refractivity contribution in [2.24, 2.45) is 0 Å². The Kier molecular flexibility index (Phi) is 9.99. The highest BCUT2D eigenvalue weighted by molar-refractivity contribution is 8.01. The number of aromatic amines is 1. The maximum Gasteiger partial charge on any atom is 0.325 e. The zero-order valence-electron chi connectivity index (χ0n) is 18.5. The minimum absolute atomic E-state index is 0.0507. The van der Waals surface area contributed by atoms with Crippen LogP contribution < -0.4 is 0 Å². The Morgan fingerprint density at radius 2 is 1.82 bits per heavy atom. The first-order valence-electron chi connectivity index (χ1n) is 10.6. The lowest BCUT2D eigenvalue weighted by atomic mass is 10.2. The molecule has 0 saturated carbocycles. The molecule has 182 valence electrons. The molecule has 0 aliphatic heterocycles. The summed E-state index contributed by atoms with van der Waals surface area (Å²) in [4.78, 5) is 40.4. The number of H-pyrrole nitrogens is 1. The van der Waals surface area contributed by atoms with Crippen LogP contribution in [0, 0.1) is 0 Å². The van der Waals surface area contributed by atoms with Crippen LogP contribution in [0.4, 0.5) is 0 Å². The zero-order valence-corrected chi connectivity index (χ0v) is 21.8. The van der Waals surface area contributed by atoms with E-state index in [1.54, 1.807) is 23.1 Å². The molecule has 4 aromatic rings. The lowest BCUT2D eigenvalue weighted by molar-refractivity contribution is -0.136. The first kappa shape index (κ1) is 26.7. The smallest absolute Gasteiger partial charge is 0.325 e. The van der Waals surface area contributed by atoms with Crippen molar-refractivity contribution in [3.8, 4) is 0 Å². The lowest BCUT2D eigenvalue weighted by Gasteiger charge is -2.07. The second kappa shape index (κ2) is 12.7. The number of para-hydroxylation sites is 3. The normalized spacial score (nSPS) is 12.4. The number of hydrogen-bond donors (Lipinski definition) is 4. The molecule has 12 heteroatoms. The maximum atomic E-state index is 11.0. The van der Waals surface area contributed by atoms with Crippen LogP contribution >= 0.6 is 42.5 Å². The molecule has 4 N–H and O–H groups in total. The molecule has 34 heavy (non-hydrogen) atoms. The summed E-state index contributed by atoms with van der Waals surface area (Å²) < 4.78 is 12.8. The summed E-state index contributed by atoms with van der Waals surface area (Å²) in [7, 11) is -3.85. The second-order valence-electron chi connectivity index (χ2n) is 7.33. The molecular formula is C22H26N3O5PS3. The molecule has 4 rings (SSSR count).